The topological polar surface area (TPSA) is 77.8 Å². The number of benzene rings is 2. The third-order valence-electron chi connectivity index (χ3n) is 2.08. The molecule has 0 radical (unpaired) electrons. The van der Waals surface area contributed by atoms with Gasteiger partial charge in [0.15, 0.2) is 11.5 Å². The number of aliphatic carboxylic acids is 1. The van der Waals surface area contributed by atoms with Crippen molar-refractivity contribution in [1.82, 2.24) is 0 Å². The fraction of sp³-hybridized carbons (Fsp3) is 0. The van der Waals surface area contributed by atoms with Crippen molar-refractivity contribution in [3.63, 3.8) is 0 Å². The summed E-state index contributed by atoms with van der Waals surface area (Å²) in [5.74, 6) is -1.56. The Balaban J connectivity index is 0.000000250. The third-order valence-corrected chi connectivity index (χ3v) is 2.08. The lowest BCUT2D eigenvalue weighted by Gasteiger charge is -1.97. The Kier molecular flexibility index (Phi) is 5.69. The van der Waals surface area contributed by atoms with E-state index in [1.807, 2.05) is 36.4 Å². The van der Waals surface area contributed by atoms with Crippen LogP contribution in [0.5, 0.6) is 11.5 Å². The highest BCUT2D eigenvalue weighted by Crippen LogP contribution is 2.25. The summed E-state index contributed by atoms with van der Waals surface area (Å²) in [5, 5.41) is 26.3. The third kappa shape index (κ3) is 5.93. The van der Waals surface area contributed by atoms with Crippen LogP contribution in [0.1, 0.15) is 5.56 Å². The van der Waals surface area contributed by atoms with E-state index in [9.17, 15) is 4.79 Å². The Hall–Kier alpha value is -2.75. The second-order valence-electron chi connectivity index (χ2n) is 3.57. The van der Waals surface area contributed by atoms with Crippen molar-refractivity contribution in [2.24, 2.45) is 0 Å². The van der Waals surface area contributed by atoms with Crippen LogP contribution in [0.3, 0.4) is 0 Å². The average Bonchev–Trinajstić information content (AvgIpc) is 2.43. The molecular weight excluding hydrogens is 244 g/mol. The first kappa shape index (κ1) is 14.3. The first-order valence-electron chi connectivity index (χ1n) is 5.52. The predicted octanol–water partition coefficient (Wildman–Crippen LogP) is 2.88. The van der Waals surface area contributed by atoms with Crippen LogP contribution < -0.4 is 0 Å². The number of carbonyl (C=O) groups is 1. The van der Waals surface area contributed by atoms with Gasteiger partial charge >= 0.3 is 5.97 Å². The minimum absolute atomic E-state index is 0.229. The minimum atomic E-state index is -1.06. The SMILES string of the molecule is O=C(O)/C=C/c1ccc(O)c(O)c1.c1ccccc1. The number of hydrogen-bond donors (Lipinski definition) is 3. The zero-order valence-corrected chi connectivity index (χ0v) is 10.1. The summed E-state index contributed by atoms with van der Waals surface area (Å²) in [6.07, 6.45) is 2.27. The van der Waals surface area contributed by atoms with Crippen LogP contribution in [-0.2, 0) is 4.79 Å². The molecule has 0 aliphatic rings. The highest BCUT2D eigenvalue weighted by molar-refractivity contribution is 5.85. The maximum absolute atomic E-state index is 10.1. The number of hydrogen-bond acceptors (Lipinski definition) is 3. The van der Waals surface area contributed by atoms with Crippen molar-refractivity contribution < 1.29 is 20.1 Å². The van der Waals surface area contributed by atoms with Crippen LogP contribution in [0.4, 0.5) is 0 Å². The summed E-state index contributed by atoms with van der Waals surface area (Å²) in [6.45, 7) is 0. The van der Waals surface area contributed by atoms with Gasteiger partial charge in [0.05, 0.1) is 0 Å². The number of rotatable bonds is 2. The van der Waals surface area contributed by atoms with E-state index in [1.165, 1.54) is 24.3 Å². The Morgan fingerprint density at radius 2 is 1.42 bits per heavy atom. The smallest absolute Gasteiger partial charge is 0.328 e. The molecule has 2 aromatic rings. The Morgan fingerprint density at radius 3 is 1.84 bits per heavy atom. The zero-order chi connectivity index (χ0) is 14.1. The molecule has 0 aromatic heterocycles. The van der Waals surface area contributed by atoms with Gasteiger partial charge in [0.1, 0.15) is 0 Å². The van der Waals surface area contributed by atoms with E-state index in [0.29, 0.717) is 5.56 Å². The number of phenolic OH excluding ortho intramolecular Hbond substituents is 2. The number of phenols is 2. The zero-order valence-electron chi connectivity index (χ0n) is 10.1. The van der Waals surface area contributed by atoms with Crippen molar-refractivity contribution in [3.8, 4) is 11.5 Å². The lowest BCUT2D eigenvalue weighted by Crippen LogP contribution is -1.85. The van der Waals surface area contributed by atoms with E-state index in [1.54, 1.807) is 0 Å². The van der Waals surface area contributed by atoms with E-state index in [4.69, 9.17) is 15.3 Å². The number of aromatic hydroxyl groups is 2. The highest BCUT2D eigenvalue weighted by Gasteiger charge is 1.97. The van der Waals surface area contributed by atoms with Gasteiger partial charge in [-0.1, -0.05) is 42.5 Å². The molecule has 0 bridgehead atoms. The van der Waals surface area contributed by atoms with Crippen LogP contribution in [0, 0.1) is 0 Å². The number of carboxylic acid groups (broad SMARTS) is 1. The summed E-state index contributed by atoms with van der Waals surface area (Å²) < 4.78 is 0. The molecule has 2 aromatic carbocycles. The summed E-state index contributed by atoms with van der Waals surface area (Å²) >= 11 is 0. The summed E-state index contributed by atoms with van der Waals surface area (Å²) in [5.41, 5.74) is 0.512. The van der Waals surface area contributed by atoms with E-state index >= 15 is 0 Å². The van der Waals surface area contributed by atoms with Gasteiger partial charge in [0.2, 0.25) is 0 Å². The quantitative estimate of drug-likeness (QED) is 0.571. The monoisotopic (exact) mass is 258 g/mol. The molecule has 0 unspecified atom stereocenters. The van der Waals surface area contributed by atoms with Crippen LogP contribution in [0.25, 0.3) is 6.08 Å². The van der Waals surface area contributed by atoms with Gasteiger partial charge in [-0.2, -0.15) is 0 Å². The molecule has 19 heavy (non-hydrogen) atoms. The van der Waals surface area contributed by atoms with Crippen LogP contribution in [0.15, 0.2) is 60.7 Å². The Bertz CT molecular complexity index is 521. The van der Waals surface area contributed by atoms with Gasteiger partial charge < -0.3 is 15.3 Å². The van der Waals surface area contributed by atoms with Gasteiger partial charge in [-0.15, -0.1) is 0 Å². The molecule has 0 saturated heterocycles. The molecule has 0 amide bonds. The first-order chi connectivity index (χ1) is 9.09. The van der Waals surface area contributed by atoms with E-state index in [0.717, 1.165) is 6.08 Å². The molecule has 4 heteroatoms. The molecule has 0 spiro atoms. The minimum Gasteiger partial charge on any atom is -0.504 e. The maximum atomic E-state index is 10.1. The molecule has 3 N–H and O–H groups in total. The number of carboxylic acids is 1. The summed E-state index contributed by atoms with van der Waals surface area (Å²) in [7, 11) is 0. The van der Waals surface area contributed by atoms with Gasteiger partial charge in [-0.05, 0) is 23.8 Å². The Labute approximate surface area is 110 Å². The van der Waals surface area contributed by atoms with Crippen LogP contribution >= 0.6 is 0 Å². The molecule has 0 aliphatic carbocycles. The second kappa shape index (κ2) is 7.55. The standard InChI is InChI=1S/C9H8O4.C6H6/c10-7-3-1-6(5-8(7)11)2-4-9(12)13;1-2-4-6-5-3-1/h1-5,10-11H,(H,12,13);1-6H/b4-2+;. The molecule has 4 nitrogen and oxygen atoms in total. The predicted molar refractivity (Wildman–Crippen MR) is 72.9 cm³/mol. The molecular formula is C15H14O4. The summed E-state index contributed by atoms with van der Waals surface area (Å²) in [6, 6.07) is 16.1. The molecule has 0 saturated carbocycles. The second-order valence-corrected chi connectivity index (χ2v) is 3.57. The lowest BCUT2D eigenvalue weighted by molar-refractivity contribution is -0.131. The maximum Gasteiger partial charge on any atom is 0.328 e. The molecule has 0 fully saturated rings. The van der Waals surface area contributed by atoms with E-state index in [2.05, 4.69) is 0 Å². The molecule has 2 rings (SSSR count). The Morgan fingerprint density at radius 1 is 0.895 bits per heavy atom. The highest BCUT2D eigenvalue weighted by atomic mass is 16.4. The van der Waals surface area contributed by atoms with Crippen LogP contribution in [0.2, 0.25) is 0 Å². The fourth-order valence-electron chi connectivity index (χ4n) is 1.20. The van der Waals surface area contributed by atoms with Gasteiger partial charge in [0.25, 0.3) is 0 Å². The van der Waals surface area contributed by atoms with Crippen molar-refractivity contribution in [2.45, 2.75) is 0 Å². The fourth-order valence-corrected chi connectivity index (χ4v) is 1.20. The van der Waals surface area contributed by atoms with Crippen molar-refractivity contribution >= 4 is 12.0 Å². The van der Waals surface area contributed by atoms with Gasteiger partial charge in [0, 0.05) is 6.08 Å². The van der Waals surface area contributed by atoms with Crippen LogP contribution in [-0.4, -0.2) is 21.3 Å². The van der Waals surface area contributed by atoms with Crippen molar-refractivity contribution in [1.29, 1.82) is 0 Å². The van der Waals surface area contributed by atoms with Crippen molar-refractivity contribution in [2.75, 3.05) is 0 Å². The van der Waals surface area contributed by atoms with Gasteiger partial charge in [-0.25, -0.2) is 4.79 Å². The lowest BCUT2D eigenvalue weighted by atomic mass is 10.2. The molecule has 98 valence electrons. The van der Waals surface area contributed by atoms with E-state index < -0.39 is 5.97 Å². The average molecular weight is 258 g/mol. The van der Waals surface area contributed by atoms with Crippen molar-refractivity contribution in [3.05, 3.63) is 66.2 Å². The molecule has 0 aliphatic heterocycles. The summed E-state index contributed by atoms with van der Waals surface area (Å²) in [4.78, 5) is 10.1. The first-order valence-corrected chi connectivity index (χ1v) is 5.52. The largest absolute Gasteiger partial charge is 0.504 e. The molecule has 0 atom stereocenters. The normalized spacial score (nSPS) is 9.68. The molecule has 0 heterocycles. The van der Waals surface area contributed by atoms with Gasteiger partial charge in [-0.3, -0.25) is 0 Å². The van der Waals surface area contributed by atoms with E-state index in [-0.39, 0.29) is 11.5 Å².